The van der Waals surface area contributed by atoms with Crippen LogP contribution in [0.25, 0.3) is 0 Å². The van der Waals surface area contributed by atoms with E-state index in [1.54, 1.807) is 30.3 Å². The molecule has 1 N–H and O–H groups in total. The van der Waals surface area contributed by atoms with Crippen molar-refractivity contribution in [3.05, 3.63) is 59.1 Å². The van der Waals surface area contributed by atoms with Crippen LogP contribution in [0, 0.1) is 0 Å². The smallest absolute Gasteiger partial charge is 0.264 e. The van der Waals surface area contributed by atoms with E-state index in [1.807, 2.05) is 0 Å². The highest BCUT2D eigenvalue weighted by Gasteiger charge is 2.24. The molecule has 138 valence electrons. The highest BCUT2D eigenvalue weighted by atomic mass is 35.5. The van der Waals surface area contributed by atoms with E-state index in [4.69, 9.17) is 11.6 Å². The van der Waals surface area contributed by atoms with E-state index in [0.717, 1.165) is 30.0 Å². The predicted molar refractivity (Wildman–Crippen MR) is 103 cm³/mol. The Morgan fingerprint density at radius 1 is 1.12 bits per heavy atom. The molecule has 0 saturated heterocycles. The Morgan fingerprint density at radius 2 is 1.77 bits per heavy atom. The van der Waals surface area contributed by atoms with E-state index in [0.29, 0.717) is 10.7 Å². The van der Waals surface area contributed by atoms with Crippen molar-refractivity contribution < 1.29 is 13.2 Å². The summed E-state index contributed by atoms with van der Waals surface area (Å²) in [5.41, 5.74) is 0.668. The summed E-state index contributed by atoms with van der Waals surface area (Å²) >= 11 is 6.18. The molecule has 1 saturated carbocycles. The van der Waals surface area contributed by atoms with Gasteiger partial charge in [0.15, 0.2) is 0 Å². The molecule has 5 nitrogen and oxygen atoms in total. The van der Waals surface area contributed by atoms with Crippen LogP contribution >= 0.6 is 11.6 Å². The maximum Gasteiger partial charge on any atom is 0.264 e. The average molecular weight is 393 g/mol. The standard InChI is InChI=1S/C19H21ClN2O3S/c1-22(26(24,25)16-9-3-2-4-10-16)15-11-12-18(20)17(13-15)19(23)21-14-7-5-6-8-14/h2-4,9-14H,5-8H2,1H3,(H,21,23). The lowest BCUT2D eigenvalue weighted by molar-refractivity contribution is 0.0938. The summed E-state index contributed by atoms with van der Waals surface area (Å²) < 4.78 is 26.7. The number of hydrogen-bond donors (Lipinski definition) is 1. The molecule has 0 unspecified atom stereocenters. The third kappa shape index (κ3) is 3.86. The van der Waals surface area contributed by atoms with Gasteiger partial charge < -0.3 is 5.32 Å². The molecule has 2 aromatic carbocycles. The lowest BCUT2D eigenvalue weighted by Gasteiger charge is -2.21. The minimum absolute atomic E-state index is 0.160. The minimum Gasteiger partial charge on any atom is -0.349 e. The van der Waals surface area contributed by atoms with Crippen molar-refractivity contribution in [2.45, 2.75) is 36.6 Å². The van der Waals surface area contributed by atoms with Gasteiger partial charge in [-0.3, -0.25) is 9.10 Å². The van der Waals surface area contributed by atoms with Gasteiger partial charge in [0.1, 0.15) is 0 Å². The first-order valence-corrected chi connectivity index (χ1v) is 10.4. The molecule has 26 heavy (non-hydrogen) atoms. The van der Waals surface area contributed by atoms with Crippen LogP contribution in [0.5, 0.6) is 0 Å². The number of nitrogens with one attached hydrogen (secondary N) is 1. The quantitative estimate of drug-likeness (QED) is 0.840. The normalized spacial score (nSPS) is 15.0. The van der Waals surface area contributed by atoms with Crippen molar-refractivity contribution in [3.63, 3.8) is 0 Å². The summed E-state index contributed by atoms with van der Waals surface area (Å²) in [4.78, 5) is 12.7. The molecule has 2 aromatic rings. The Kier molecular flexibility index (Phi) is 5.53. The molecular weight excluding hydrogens is 372 g/mol. The van der Waals surface area contributed by atoms with Crippen LogP contribution in [0.1, 0.15) is 36.0 Å². The van der Waals surface area contributed by atoms with Crippen LogP contribution in [-0.4, -0.2) is 27.4 Å². The third-order valence-corrected chi connectivity index (χ3v) is 6.78. The van der Waals surface area contributed by atoms with Crippen LogP contribution in [0.4, 0.5) is 5.69 Å². The molecule has 0 aliphatic heterocycles. The van der Waals surface area contributed by atoms with E-state index >= 15 is 0 Å². The zero-order chi connectivity index (χ0) is 18.7. The predicted octanol–water partition coefficient (Wildman–Crippen LogP) is 3.84. The average Bonchev–Trinajstić information content (AvgIpc) is 3.15. The summed E-state index contributed by atoms with van der Waals surface area (Å²) in [6, 6.07) is 13.0. The van der Waals surface area contributed by atoms with E-state index < -0.39 is 10.0 Å². The minimum atomic E-state index is -3.71. The highest BCUT2D eigenvalue weighted by Crippen LogP contribution is 2.27. The molecule has 7 heteroatoms. The Labute approximate surface area is 159 Å². The molecule has 0 aromatic heterocycles. The number of nitrogens with zero attached hydrogens (tertiary/aromatic N) is 1. The van der Waals surface area contributed by atoms with Crippen LogP contribution in [0.3, 0.4) is 0 Å². The van der Waals surface area contributed by atoms with Gasteiger partial charge >= 0.3 is 0 Å². The molecule has 0 radical (unpaired) electrons. The molecule has 1 amide bonds. The van der Waals surface area contributed by atoms with Crippen molar-refractivity contribution >= 4 is 33.2 Å². The summed E-state index contributed by atoms with van der Waals surface area (Å²) in [7, 11) is -2.25. The summed E-state index contributed by atoms with van der Waals surface area (Å²) in [5, 5.41) is 3.28. The van der Waals surface area contributed by atoms with E-state index in [2.05, 4.69) is 5.32 Å². The van der Waals surface area contributed by atoms with Gasteiger partial charge in [0, 0.05) is 13.1 Å². The van der Waals surface area contributed by atoms with Gasteiger partial charge in [-0.05, 0) is 43.2 Å². The van der Waals surface area contributed by atoms with Crippen molar-refractivity contribution in [2.24, 2.45) is 0 Å². The Bertz CT molecular complexity index is 894. The largest absolute Gasteiger partial charge is 0.349 e. The maximum absolute atomic E-state index is 12.8. The summed E-state index contributed by atoms with van der Waals surface area (Å²) in [6.07, 6.45) is 4.14. The third-order valence-electron chi connectivity index (χ3n) is 4.65. The number of rotatable bonds is 5. The van der Waals surface area contributed by atoms with Gasteiger partial charge in [-0.15, -0.1) is 0 Å². The molecule has 1 aliphatic carbocycles. The number of benzene rings is 2. The fourth-order valence-electron chi connectivity index (χ4n) is 3.11. The van der Waals surface area contributed by atoms with Gasteiger partial charge in [-0.1, -0.05) is 42.6 Å². The fourth-order valence-corrected chi connectivity index (χ4v) is 4.52. The number of amides is 1. The molecule has 0 heterocycles. The highest BCUT2D eigenvalue weighted by molar-refractivity contribution is 7.92. The van der Waals surface area contributed by atoms with E-state index in [9.17, 15) is 13.2 Å². The number of halogens is 1. The van der Waals surface area contributed by atoms with Crippen molar-refractivity contribution in [3.8, 4) is 0 Å². The zero-order valence-corrected chi connectivity index (χ0v) is 16.1. The Hall–Kier alpha value is -2.05. The van der Waals surface area contributed by atoms with Gasteiger partial charge in [-0.2, -0.15) is 0 Å². The molecule has 0 bridgehead atoms. The van der Waals surface area contributed by atoms with E-state index in [1.165, 1.54) is 25.2 Å². The Balaban J connectivity index is 1.87. The first-order valence-electron chi connectivity index (χ1n) is 8.54. The second-order valence-corrected chi connectivity index (χ2v) is 8.78. The monoisotopic (exact) mass is 392 g/mol. The molecule has 1 aliphatic rings. The molecule has 0 spiro atoms. The Morgan fingerprint density at radius 3 is 2.42 bits per heavy atom. The number of sulfonamides is 1. The fraction of sp³-hybridized carbons (Fsp3) is 0.316. The van der Waals surface area contributed by atoms with Crippen LogP contribution in [0.2, 0.25) is 5.02 Å². The van der Waals surface area contributed by atoms with Gasteiger partial charge in [-0.25, -0.2) is 8.42 Å². The molecule has 0 atom stereocenters. The lowest BCUT2D eigenvalue weighted by Crippen LogP contribution is -2.33. The van der Waals surface area contributed by atoms with Gasteiger partial charge in [0.2, 0.25) is 0 Å². The topological polar surface area (TPSA) is 66.5 Å². The van der Waals surface area contributed by atoms with Crippen molar-refractivity contribution in [2.75, 3.05) is 11.4 Å². The van der Waals surface area contributed by atoms with Gasteiger partial charge in [0.25, 0.3) is 15.9 Å². The second kappa shape index (κ2) is 7.68. The van der Waals surface area contributed by atoms with Crippen molar-refractivity contribution in [1.29, 1.82) is 0 Å². The number of carbonyl (C=O) groups is 1. The van der Waals surface area contributed by atoms with Crippen LogP contribution in [0.15, 0.2) is 53.4 Å². The molecular formula is C19H21ClN2O3S. The summed E-state index contributed by atoms with van der Waals surface area (Å²) in [6.45, 7) is 0. The van der Waals surface area contributed by atoms with E-state index in [-0.39, 0.29) is 22.4 Å². The van der Waals surface area contributed by atoms with Crippen LogP contribution < -0.4 is 9.62 Å². The SMILES string of the molecule is CN(c1ccc(Cl)c(C(=O)NC2CCCC2)c1)S(=O)(=O)c1ccccc1. The van der Waals surface area contributed by atoms with Crippen LogP contribution in [-0.2, 0) is 10.0 Å². The lowest BCUT2D eigenvalue weighted by atomic mass is 10.1. The number of carbonyl (C=O) groups excluding carboxylic acids is 1. The second-order valence-electron chi connectivity index (χ2n) is 6.40. The number of anilines is 1. The zero-order valence-electron chi connectivity index (χ0n) is 14.5. The first-order chi connectivity index (χ1) is 12.4. The maximum atomic E-state index is 12.8. The van der Waals surface area contributed by atoms with Gasteiger partial charge in [0.05, 0.1) is 21.2 Å². The van der Waals surface area contributed by atoms with Crippen molar-refractivity contribution in [1.82, 2.24) is 5.32 Å². The first kappa shape index (κ1) is 18.7. The number of hydrogen-bond acceptors (Lipinski definition) is 3. The molecule has 1 fully saturated rings. The summed E-state index contributed by atoms with van der Waals surface area (Å²) in [5.74, 6) is -0.269. The molecule has 3 rings (SSSR count).